The number of ether oxygens (including phenoxy) is 1. The molecule has 1 aliphatic rings. The number of likely N-dealkylation sites (N-methyl/N-ethyl adjacent to an activating group) is 1. The molecule has 0 radical (unpaired) electrons. The molecule has 1 saturated heterocycles. The van der Waals surface area contributed by atoms with Gasteiger partial charge in [0.15, 0.2) is 5.82 Å². The summed E-state index contributed by atoms with van der Waals surface area (Å²) in [6.45, 7) is 10.4. The average molecular weight is 265 g/mol. The Hall–Kier alpha value is -1.40. The van der Waals surface area contributed by atoms with E-state index in [9.17, 15) is 0 Å². The molecule has 2 N–H and O–H groups in total. The number of nitrogens with zero attached hydrogens (tertiary/aromatic N) is 4. The Labute approximate surface area is 114 Å². The molecular weight excluding hydrogens is 242 g/mol. The van der Waals surface area contributed by atoms with Gasteiger partial charge in [-0.05, 0) is 13.5 Å². The molecule has 2 heterocycles. The van der Waals surface area contributed by atoms with Gasteiger partial charge in [0, 0.05) is 38.9 Å². The van der Waals surface area contributed by atoms with E-state index in [1.54, 1.807) is 0 Å². The maximum absolute atomic E-state index is 5.85. The summed E-state index contributed by atoms with van der Waals surface area (Å²) in [5.74, 6) is 2.09. The van der Waals surface area contributed by atoms with Gasteiger partial charge in [-0.1, -0.05) is 6.92 Å². The van der Waals surface area contributed by atoms with Crippen LogP contribution in [0.25, 0.3) is 0 Å². The van der Waals surface area contributed by atoms with Gasteiger partial charge in [0.25, 0.3) is 0 Å². The molecule has 1 aliphatic heterocycles. The number of nitrogens with two attached hydrogens (primary N) is 1. The summed E-state index contributed by atoms with van der Waals surface area (Å²) in [5, 5.41) is 0. The van der Waals surface area contributed by atoms with Crippen molar-refractivity contribution in [1.82, 2.24) is 14.9 Å². The second-order valence-corrected chi connectivity index (χ2v) is 4.63. The third-order valence-electron chi connectivity index (χ3n) is 3.36. The lowest BCUT2D eigenvalue weighted by Crippen LogP contribution is -2.46. The number of anilines is 2. The fourth-order valence-corrected chi connectivity index (χ4v) is 2.22. The number of piperazine rings is 1. The normalized spacial score (nSPS) is 16.8. The van der Waals surface area contributed by atoms with Gasteiger partial charge in [0.05, 0.1) is 0 Å². The smallest absolute Gasteiger partial charge is 0.158 e. The largest absolute Gasteiger partial charge is 0.384 e. The molecule has 0 aliphatic carbocycles. The maximum atomic E-state index is 5.85. The van der Waals surface area contributed by atoms with Crippen LogP contribution in [0.5, 0.6) is 0 Å². The Kier molecular flexibility index (Phi) is 4.93. The molecule has 1 aromatic heterocycles. The second kappa shape index (κ2) is 6.68. The third-order valence-corrected chi connectivity index (χ3v) is 3.36. The minimum absolute atomic E-state index is 0.420. The van der Waals surface area contributed by atoms with Crippen LogP contribution < -0.4 is 10.6 Å². The fraction of sp³-hybridized carbons (Fsp3) is 0.692. The van der Waals surface area contributed by atoms with E-state index < -0.39 is 0 Å². The van der Waals surface area contributed by atoms with Crippen LogP contribution >= 0.6 is 0 Å². The highest BCUT2D eigenvalue weighted by molar-refractivity contribution is 5.47. The summed E-state index contributed by atoms with van der Waals surface area (Å²) < 4.78 is 5.34. The number of hydrogen-bond donors (Lipinski definition) is 1. The first-order valence-corrected chi connectivity index (χ1v) is 6.91. The van der Waals surface area contributed by atoms with Gasteiger partial charge in [0.2, 0.25) is 0 Å². The molecule has 0 bridgehead atoms. The molecule has 0 spiro atoms. The van der Waals surface area contributed by atoms with Crippen molar-refractivity contribution < 1.29 is 4.74 Å². The van der Waals surface area contributed by atoms with Crippen LogP contribution in [0, 0.1) is 0 Å². The standard InChI is InChI=1S/C13H23N5O/c1-3-17-5-7-18(8-6-17)13-9-11(14)15-12(16-13)10-19-4-2/h9H,3-8,10H2,1-2H3,(H2,14,15,16). The molecule has 1 aromatic rings. The Morgan fingerprint density at radius 1 is 1.21 bits per heavy atom. The van der Waals surface area contributed by atoms with Crippen LogP contribution in [0.4, 0.5) is 11.6 Å². The first-order chi connectivity index (χ1) is 9.22. The lowest BCUT2D eigenvalue weighted by Gasteiger charge is -2.34. The van der Waals surface area contributed by atoms with Crippen LogP contribution in [0.1, 0.15) is 19.7 Å². The van der Waals surface area contributed by atoms with Crippen LogP contribution in [0.15, 0.2) is 6.07 Å². The zero-order chi connectivity index (χ0) is 13.7. The van der Waals surface area contributed by atoms with Gasteiger partial charge in [-0.25, -0.2) is 9.97 Å². The molecule has 0 amide bonds. The first-order valence-electron chi connectivity index (χ1n) is 6.91. The zero-order valence-electron chi connectivity index (χ0n) is 11.8. The fourth-order valence-electron chi connectivity index (χ4n) is 2.22. The summed E-state index contributed by atoms with van der Waals surface area (Å²) in [6.07, 6.45) is 0. The molecule has 6 heteroatoms. The van der Waals surface area contributed by atoms with E-state index in [0.29, 0.717) is 24.9 Å². The highest BCUT2D eigenvalue weighted by Gasteiger charge is 2.17. The van der Waals surface area contributed by atoms with E-state index in [1.165, 1.54) is 0 Å². The van der Waals surface area contributed by atoms with Gasteiger partial charge in [-0.3, -0.25) is 0 Å². The molecule has 19 heavy (non-hydrogen) atoms. The van der Waals surface area contributed by atoms with Crippen LogP contribution in [0.2, 0.25) is 0 Å². The summed E-state index contributed by atoms with van der Waals surface area (Å²) in [6, 6.07) is 1.84. The van der Waals surface area contributed by atoms with E-state index in [-0.39, 0.29) is 0 Å². The Morgan fingerprint density at radius 3 is 2.58 bits per heavy atom. The van der Waals surface area contributed by atoms with Crippen LogP contribution in [-0.4, -0.2) is 54.2 Å². The molecule has 0 saturated carbocycles. The monoisotopic (exact) mass is 265 g/mol. The summed E-state index contributed by atoms with van der Waals surface area (Å²) in [7, 11) is 0. The quantitative estimate of drug-likeness (QED) is 0.847. The van der Waals surface area contributed by atoms with E-state index in [1.807, 2.05) is 13.0 Å². The minimum Gasteiger partial charge on any atom is -0.384 e. The van der Waals surface area contributed by atoms with Gasteiger partial charge in [-0.15, -0.1) is 0 Å². The zero-order valence-corrected chi connectivity index (χ0v) is 11.8. The summed E-state index contributed by atoms with van der Waals surface area (Å²) >= 11 is 0. The second-order valence-electron chi connectivity index (χ2n) is 4.63. The Balaban J connectivity index is 2.05. The van der Waals surface area contributed by atoms with E-state index in [0.717, 1.165) is 38.5 Å². The van der Waals surface area contributed by atoms with Crippen molar-refractivity contribution >= 4 is 11.6 Å². The number of aromatic nitrogens is 2. The van der Waals surface area contributed by atoms with E-state index in [2.05, 4.69) is 26.7 Å². The van der Waals surface area contributed by atoms with Crippen molar-refractivity contribution in [2.45, 2.75) is 20.5 Å². The molecular formula is C13H23N5O. The van der Waals surface area contributed by atoms with Crippen LogP contribution in [0.3, 0.4) is 0 Å². The van der Waals surface area contributed by atoms with Crippen LogP contribution in [-0.2, 0) is 11.3 Å². The number of hydrogen-bond acceptors (Lipinski definition) is 6. The topological polar surface area (TPSA) is 67.5 Å². The van der Waals surface area contributed by atoms with Crippen molar-refractivity contribution in [3.05, 3.63) is 11.9 Å². The van der Waals surface area contributed by atoms with Crippen molar-refractivity contribution in [3.63, 3.8) is 0 Å². The van der Waals surface area contributed by atoms with Gasteiger partial charge in [-0.2, -0.15) is 0 Å². The predicted octanol–water partition coefficient (Wildman–Crippen LogP) is 0.737. The van der Waals surface area contributed by atoms with E-state index in [4.69, 9.17) is 10.5 Å². The number of nitrogen functional groups attached to an aromatic ring is 1. The van der Waals surface area contributed by atoms with Crippen molar-refractivity contribution in [3.8, 4) is 0 Å². The molecule has 0 aromatic carbocycles. The van der Waals surface area contributed by atoms with Gasteiger partial charge < -0.3 is 20.3 Å². The highest BCUT2D eigenvalue weighted by atomic mass is 16.5. The summed E-state index contributed by atoms with van der Waals surface area (Å²) in [5.41, 5.74) is 5.85. The highest BCUT2D eigenvalue weighted by Crippen LogP contribution is 2.16. The first kappa shape index (κ1) is 14.0. The van der Waals surface area contributed by atoms with Crippen molar-refractivity contribution in [1.29, 1.82) is 0 Å². The van der Waals surface area contributed by atoms with E-state index >= 15 is 0 Å². The Bertz CT molecular complexity index is 404. The number of rotatable bonds is 5. The van der Waals surface area contributed by atoms with Crippen molar-refractivity contribution in [2.75, 3.05) is 50.0 Å². The molecule has 6 nitrogen and oxygen atoms in total. The molecule has 2 rings (SSSR count). The van der Waals surface area contributed by atoms with Gasteiger partial charge in [0.1, 0.15) is 18.2 Å². The SMILES string of the molecule is CCOCc1nc(N)cc(N2CCN(CC)CC2)n1. The molecule has 0 unspecified atom stereocenters. The molecule has 0 atom stereocenters. The lowest BCUT2D eigenvalue weighted by atomic mass is 10.3. The summed E-state index contributed by atoms with van der Waals surface area (Å²) in [4.78, 5) is 13.4. The minimum atomic E-state index is 0.420. The maximum Gasteiger partial charge on any atom is 0.158 e. The average Bonchev–Trinajstić information content (AvgIpc) is 2.44. The molecule has 106 valence electrons. The molecule has 1 fully saturated rings. The van der Waals surface area contributed by atoms with Gasteiger partial charge >= 0.3 is 0 Å². The lowest BCUT2D eigenvalue weighted by molar-refractivity contribution is 0.128. The predicted molar refractivity (Wildman–Crippen MR) is 76.1 cm³/mol. The third kappa shape index (κ3) is 3.78. The Morgan fingerprint density at radius 2 is 1.95 bits per heavy atom. The van der Waals surface area contributed by atoms with Crippen molar-refractivity contribution in [2.24, 2.45) is 0 Å².